The summed E-state index contributed by atoms with van der Waals surface area (Å²) in [5.41, 5.74) is 0. The third-order valence-corrected chi connectivity index (χ3v) is 2.46. The van der Waals surface area contributed by atoms with Crippen LogP contribution in [0.1, 0.15) is 6.92 Å². The van der Waals surface area contributed by atoms with E-state index in [1.807, 2.05) is 42.1 Å². The van der Waals surface area contributed by atoms with Crippen LogP contribution >= 0.6 is 15.9 Å². The zero-order valence-electron chi connectivity index (χ0n) is 8.35. The van der Waals surface area contributed by atoms with Crippen molar-refractivity contribution in [3.63, 3.8) is 0 Å². The summed E-state index contributed by atoms with van der Waals surface area (Å²) in [6, 6.07) is 7.73. The molecule has 0 spiro atoms. The Hall–Kier alpha value is -1.29. The summed E-state index contributed by atoms with van der Waals surface area (Å²) in [5.74, 6) is 1.56. The van der Waals surface area contributed by atoms with Gasteiger partial charge in [-0.1, -0.05) is 22.0 Å². The quantitative estimate of drug-likeness (QED) is 0.851. The Balaban J connectivity index is 2.14. The average molecular weight is 267 g/mol. The average Bonchev–Trinajstić information content (AvgIpc) is 2.65. The molecule has 2 rings (SSSR count). The fourth-order valence-electron chi connectivity index (χ4n) is 1.24. The largest absolute Gasteiger partial charge is 0.454 e. The van der Waals surface area contributed by atoms with Crippen molar-refractivity contribution in [3.05, 3.63) is 41.1 Å². The van der Waals surface area contributed by atoms with Crippen molar-refractivity contribution in [1.82, 2.24) is 9.78 Å². The maximum atomic E-state index is 5.63. The molecule has 1 aromatic heterocycles. The van der Waals surface area contributed by atoms with Gasteiger partial charge in [0.05, 0.1) is 12.4 Å². The maximum absolute atomic E-state index is 5.63. The van der Waals surface area contributed by atoms with E-state index < -0.39 is 0 Å². The number of halogens is 1. The van der Waals surface area contributed by atoms with Crippen LogP contribution in [-0.4, -0.2) is 9.78 Å². The molecular weight excluding hydrogens is 256 g/mol. The van der Waals surface area contributed by atoms with Gasteiger partial charge in [-0.25, -0.2) is 0 Å². The monoisotopic (exact) mass is 266 g/mol. The summed E-state index contributed by atoms with van der Waals surface area (Å²) in [6.45, 7) is 2.89. The van der Waals surface area contributed by atoms with Crippen LogP contribution in [0.25, 0.3) is 0 Å². The third kappa shape index (κ3) is 2.59. The van der Waals surface area contributed by atoms with Gasteiger partial charge in [-0.05, 0) is 25.1 Å². The minimum Gasteiger partial charge on any atom is -0.454 e. The highest BCUT2D eigenvalue weighted by Crippen LogP contribution is 2.23. The second-order valence-electron chi connectivity index (χ2n) is 3.09. The first-order valence-corrected chi connectivity index (χ1v) is 5.53. The number of ether oxygens (including phenoxy) is 1. The molecule has 0 radical (unpaired) electrons. The molecule has 0 bridgehead atoms. The summed E-state index contributed by atoms with van der Waals surface area (Å²) in [6.07, 6.45) is 3.59. The van der Waals surface area contributed by atoms with Crippen molar-refractivity contribution in [2.45, 2.75) is 13.5 Å². The highest BCUT2D eigenvalue weighted by molar-refractivity contribution is 9.10. The lowest BCUT2D eigenvalue weighted by atomic mass is 10.3. The Labute approximate surface area is 96.8 Å². The minimum atomic E-state index is 0.759. The summed E-state index contributed by atoms with van der Waals surface area (Å²) in [4.78, 5) is 0. The van der Waals surface area contributed by atoms with E-state index in [0.717, 1.165) is 22.5 Å². The lowest BCUT2D eigenvalue weighted by Gasteiger charge is -2.02. The van der Waals surface area contributed by atoms with E-state index in [-0.39, 0.29) is 0 Å². The first kappa shape index (κ1) is 10.2. The zero-order valence-corrected chi connectivity index (χ0v) is 9.94. The highest BCUT2D eigenvalue weighted by Gasteiger charge is 2.00. The number of aromatic nitrogens is 2. The van der Waals surface area contributed by atoms with E-state index in [4.69, 9.17) is 4.74 Å². The lowest BCUT2D eigenvalue weighted by Crippen LogP contribution is -1.92. The van der Waals surface area contributed by atoms with E-state index in [1.54, 1.807) is 6.20 Å². The summed E-state index contributed by atoms with van der Waals surface area (Å²) in [7, 11) is 0. The Morgan fingerprint density at radius 2 is 2.27 bits per heavy atom. The molecule has 0 saturated heterocycles. The first-order chi connectivity index (χ1) is 7.28. The summed E-state index contributed by atoms with van der Waals surface area (Å²) < 4.78 is 8.46. The van der Waals surface area contributed by atoms with Crippen molar-refractivity contribution < 1.29 is 4.74 Å². The van der Waals surface area contributed by atoms with E-state index in [0.29, 0.717) is 0 Å². The molecule has 0 fully saturated rings. The predicted molar refractivity (Wildman–Crippen MR) is 62.1 cm³/mol. The molecule has 0 aliphatic rings. The van der Waals surface area contributed by atoms with Crippen molar-refractivity contribution in [2.75, 3.05) is 0 Å². The number of hydrogen-bond donors (Lipinski definition) is 0. The van der Waals surface area contributed by atoms with Gasteiger partial charge in [-0.3, -0.25) is 4.68 Å². The molecule has 78 valence electrons. The summed E-state index contributed by atoms with van der Waals surface area (Å²) >= 11 is 3.39. The van der Waals surface area contributed by atoms with Crippen LogP contribution in [0.3, 0.4) is 0 Å². The lowest BCUT2D eigenvalue weighted by molar-refractivity contribution is 0.481. The van der Waals surface area contributed by atoms with Gasteiger partial charge in [-0.15, -0.1) is 0 Å². The molecule has 0 aliphatic carbocycles. The van der Waals surface area contributed by atoms with Crippen molar-refractivity contribution in [1.29, 1.82) is 0 Å². The molecule has 0 saturated carbocycles. The topological polar surface area (TPSA) is 27.1 Å². The van der Waals surface area contributed by atoms with Gasteiger partial charge in [-0.2, -0.15) is 5.10 Å². The van der Waals surface area contributed by atoms with Gasteiger partial charge in [0.2, 0.25) is 0 Å². The van der Waals surface area contributed by atoms with Gasteiger partial charge in [0.25, 0.3) is 0 Å². The van der Waals surface area contributed by atoms with E-state index in [2.05, 4.69) is 21.0 Å². The van der Waals surface area contributed by atoms with Crippen LogP contribution in [0.4, 0.5) is 0 Å². The van der Waals surface area contributed by atoms with Crippen molar-refractivity contribution in [3.8, 4) is 11.5 Å². The molecule has 1 heterocycles. The molecule has 4 heteroatoms. The SMILES string of the molecule is CCn1cc(Oc2cccc(Br)c2)cn1. The molecule has 15 heavy (non-hydrogen) atoms. The van der Waals surface area contributed by atoms with Gasteiger partial charge < -0.3 is 4.74 Å². The standard InChI is InChI=1S/C11H11BrN2O/c1-2-14-8-11(7-13-14)15-10-5-3-4-9(12)6-10/h3-8H,2H2,1H3. The van der Waals surface area contributed by atoms with Crippen LogP contribution < -0.4 is 4.74 Å². The van der Waals surface area contributed by atoms with Crippen LogP contribution in [0.15, 0.2) is 41.1 Å². The molecule has 0 atom stereocenters. The Morgan fingerprint density at radius 3 is 2.93 bits per heavy atom. The van der Waals surface area contributed by atoms with E-state index in [9.17, 15) is 0 Å². The fourth-order valence-corrected chi connectivity index (χ4v) is 1.62. The Morgan fingerprint density at radius 1 is 1.40 bits per heavy atom. The summed E-state index contributed by atoms with van der Waals surface area (Å²) in [5, 5.41) is 4.13. The van der Waals surface area contributed by atoms with Crippen LogP contribution in [0.2, 0.25) is 0 Å². The Bertz CT molecular complexity index is 453. The minimum absolute atomic E-state index is 0.759. The third-order valence-electron chi connectivity index (χ3n) is 1.97. The normalized spacial score (nSPS) is 10.3. The van der Waals surface area contributed by atoms with Crippen LogP contribution in [0, 0.1) is 0 Å². The highest BCUT2D eigenvalue weighted by atomic mass is 79.9. The van der Waals surface area contributed by atoms with E-state index in [1.165, 1.54) is 0 Å². The first-order valence-electron chi connectivity index (χ1n) is 4.74. The van der Waals surface area contributed by atoms with Gasteiger partial charge in [0.1, 0.15) is 5.75 Å². The smallest absolute Gasteiger partial charge is 0.165 e. The second kappa shape index (κ2) is 4.49. The zero-order chi connectivity index (χ0) is 10.7. The fraction of sp³-hybridized carbons (Fsp3) is 0.182. The van der Waals surface area contributed by atoms with Crippen LogP contribution in [0.5, 0.6) is 11.5 Å². The second-order valence-corrected chi connectivity index (χ2v) is 4.01. The molecule has 1 aromatic carbocycles. The number of aryl methyl sites for hydroxylation is 1. The number of benzene rings is 1. The molecule has 0 aliphatic heterocycles. The van der Waals surface area contributed by atoms with Gasteiger partial charge in [0.15, 0.2) is 5.75 Å². The molecule has 2 aromatic rings. The van der Waals surface area contributed by atoms with E-state index >= 15 is 0 Å². The predicted octanol–water partition coefficient (Wildman–Crippen LogP) is 3.46. The molecule has 0 unspecified atom stereocenters. The van der Waals surface area contributed by atoms with Gasteiger partial charge >= 0.3 is 0 Å². The molecule has 3 nitrogen and oxygen atoms in total. The van der Waals surface area contributed by atoms with Gasteiger partial charge in [0, 0.05) is 11.0 Å². The molecule has 0 N–H and O–H groups in total. The number of rotatable bonds is 3. The van der Waals surface area contributed by atoms with Crippen LogP contribution in [-0.2, 0) is 6.54 Å². The number of hydrogen-bond acceptors (Lipinski definition) is 2. The Kier molecular flexibility index (Phi) is 3.06. The number of nitrogens with zero attached hydrogens (tertiary/aromatic N) is 2. The van der Waals surface area contributed by atoms with Crippen molar-refractivity contribution in [2.24, 2.45) is 0 Å². The molecule has 0 amide bonds. The maximum Gasteiger partial charge on any atom is 0.165 e. The van der Waals surface area contributed by atoms with Crippen molar-refractivity contribution >= 4 is 15.9 Å². The molecular formula is C11H11BrN2O.